The number of rotatable bonds is 5. The van der Waals surface area contributed by atoms with Crippen molar-refractivity contribution < 1.29 is 18.3 Å². The highest BCUT2D eigenvalue weighted by Gasteiger charge is 2.17. The lowest BCUT2D eigenvalue weighted by molar-refractivity contribution is -0.142. The highest BCUT2D eigenvalue weighted by molar-refractivity contribution is 6.17. The van der Waals surface area contributed by atoms with Crippen molar-refractivity contribution in [2.45, 2.75) is 25.7 Å². The Kier molecular flexibility index (Phi) is 5.27. The van der Waals surface area contributed by atoms with Gasteiger partial charge in [-0.3, -0.25) is 9.59 Å². The summed E-state index contributed by atoms with van der Waals surface area (Å²) in [5, 5.41) is 0. The van der Waals surface area contributed by atoms with E-state index in [0.717, 1.165) is 6.07 Å². The molecule has 0 aliphatic rings. The first-order valence-corrected chi connectivity index (χ1v) is 5.77. The summed E-state index contributed by atoms with van der Waals surface area (Å²) in [6.07, 6.45) is -3.08. The van der Waals surface area contributed by atoms with Crippen LogP contribution in [0.25, 0.3) is 0 Å². The molecule has 0 aliphatic carbocycles. The molecule has 0 saturated carbocycles. The summed E-state index contributed by atoms with van der Waals surface area (Å²) in [6.45, 7) is 1.81. The number of ether oxygens (including phenoxy) is 1. The minimum Gasteiger partial charge on any atom is -0.466 e. The Morgan fingerprint density at radius 1 is 1.56 bits per heavy atom. The second-order valence-corrected chi connectivity index (χ2v) is 3.73. The van der Waals surface area contributed by atoms with Crippen LogP contribution in [0.5, 0.6) is 0 Å². The van der Waals surface area contributed by atoms with E-state index in [0.29, 0.717) is 0 Å². The Hall–Kier alpha value is -1.43. The van der Waals surface area contributed by atoms with Gasteiger partial charge in [-0.25, -0.2) is 8.78 Å². The molecule has 0 aliphatic heterocycles. The van der Waals surface area contributed by atoms with Crippen molar-refractivity contribution in [3.8, 4) is 0 Å². The number of carbonyl (C=O) groups is 1. The molecule has 1 N–H and O–H groups in total. The number of alkyl halides is 3. The largest absolute Gasteiger partial charge is 0.466 e. The summed E-state index contributed by atoms with van der Waals surface area (Å²) < 4.78 is 29.6. The molecule has 1 heterocycles. The van der Waals surface area contributed by atoms with E-state index in [2.05, 4.69) is 4.98 Å². The maximum Gasteiger partial charge on any atom is 0.310 e. The number of nitrogens with one attached hydrogen (secondary N) is 1. The van der Waals surface area contributed by atoms with Crippen LogP contribution < -0.4 is 5.43 Å². The molecule has 1 rings (SSSR count). The maximum absolute atomic E-state index is 12.5. The highest BCUT2D eigenvalue weighted by atomic mass is 35.5. The van der Waals surface area contributed by atoms with Crippen LogP contribution >= 0.6 is 11.6 Å². The molecule has 0 bridgehead atoms. The number of carbonyl (C=O) groups excluding carboxylic acids is 1. The van der Waals surface area contributed by atoms with Crippen molar-refractivity contribution in [3.63, 3.8) is 0 Å². The smallest absolute Gasteiger partial charge is 0.310 e. The Labute approximate surface area is 107 Å². The van der Waals surface area contributed by atoms with Crippen LogP contribution in [-0.2, 0) is 21.8 Å². The molecule has 0 unspecified atom stereocenters. The molecule has 0 amide bonds. The molecule has 18 heavy (non-hydrogen) atoms. The molecule has 0 fully saturated rings. The van der Waals surface area contributed by atoms with Crippen LogP contribution in [0.3, 0.4) is 0 Å². The van der Waals surface area contributed by atoms with Crippen LogP contribution in [0.4, 0.5) is 8.78 Å². The van der Waals surface area contributed by atoms with Crippen LogP contribution in [0.1, 0.15) is 30.3 Å². The molecule has 100 valence electrons. The average molecular weight is 280 g/mol. The summed E-state index contributed by atoms with van der Waals surface area (Å²) >= 11 is 5.57. The zero-order valence-corrected chi connectivity index (χ0v) is 10.4. The normalized spacial score (nSPS) is 10.7. The Morgan fingerprint density at radius 2 is 2.22 bits per heavy atom. The number of H-pyrrole nitrogens is 1. The first kappa shape index (κ1) is 14.6. The number of esters is 1. The first-order chi connectivity index (χ1) is 8.49. The first-order valence-electron chi connectivity index (χ1n) is 5.24. The predicted octanol–water partition coefficient (Wildman–Crippen LogP) is 2.16. The van der Waals surface area contributed by atoms with Crippen LogP contribution in [-0.4, -0.2) is 17.6 Å². The number of pyridine rings is 1. The van der Waals surface area contributed by atoms with E-state index in [9.17, 15) is 18.4 Å². The highest BCUT2D eigenvalue weighted by Crippen LogP contribution is 2.17. The van der Waals surface area contributed by atoms with E-state index in [-0.39, 0.29) is 30.2 Å². The van der Waals surface area contributed by atoms with E-state index in [1.807, 2.05) is 0 Å². The molecule has 7 heteroatoms. The third-order valence-corrected chi connectivity index (χ3v) is 2.51. The molecule has 0 atom stereocenters. The molecular weight excluding hydrogens is 268 g/mol. The fraction of sp³-hybridized carbons (Fsp3) is 0.455. The van der Waals surface area contributed by atoms with Gasteiger partial charge in [-0.1, -0.05) is 0 Å². The Balaban J connectivity index is 3.11. The number of aromatic nitrogens is 1. The van der Waals surface area contributed by atoms with E-state index >= 15 is 0 Å². The van der Waals surface area contributed by atoms with Gasteiger partial charge < -0.3 is 9.72 Å². The predicted molar refractivity (Wildman–Crippen MR) is 61.9 cm³/mol. The molecular formula is C11H12ClF2NO3. The molecule has 1 aromatic rings. The summed E-state index contributed by atoms with van der Waals surface area (Å²) in [5.41, 5.74) is -0.976. The fourth-order valence-electron chi connectivity index (χ4n) is 1.44. The van der Waals surface area contributed by atoms with E-state index in [4.69, 9.17) is 16.3 Å². The number of aromatic amines is 1. The van der Waals surface area contributed by atoms with E-state index in [1.54, 1.807) is 6.92 Å². The van der Waals surface area contributed by atoms with Gasteiger partial charge in [-0.2, -0.15) is 0 Å². The van der Waals surface area contributed by atoms with Gasteiger partial charge in [0.2, 0.25) is 0 Å². The second kappa shape index (κ2) is 6.49. The minimum atomic E-state index is -2.80. The molecule has 0 spiro atoms. The fourth-order valence-corrected chi connectivity index (χ4v) is 1.67. The third-order valence-electron chi connectivity index (χ3n) is 2.24. The SMILES string of the molecule is CCOC(=O)Cc1c(CCl)[nH]c(C(F)F)cc1=O. The lowest BCUT2D eigenvalue weighted by Crippen LogP contribution is -2.20. The number of hydrogen-bond donors (Lipinski definition) is 1. The summed E-state index contributed by atoms with van der Waals surface area (Å²) in [7, 11) is 0. The zero-order chi connectivity index (χ0) is 13.7. The topological polar surface area (TPSA) is 59.2 Å². The Bertz CT molecular complexity index is 488. The van der Waals surface area contributed by atoms with Crippen LogP contribution in [0.2, 0.25) is 0 Å². The van der Waals surface area contributed by atoms with Gasteiger partial charge in [0, 0.05) is 17.3 Å². The quantitative estimate of drug-likeness (QED) is 0.664. The van der Waals surface area contributed by atoms with Gasteiger partial charge in [-0.05, 0) is 6.92 Å². The van der Waals surface area contributed by atoms with Crippen molar-refractivity contribution in [1.29, 1.82) is 0 Å². The van der Waals surface area contributed by atoms with Crippen molar-refractivity contribution in [1.82, 2.24) is 4.98 Å². The number of hydrogen-bond acceptors (Lipinski definition) is 3. The number of halogens is 3. The standard InChI is InChI=1S/C11H12ClF2NO3/c1-2-18-10(17)3-6-8(5-12)15-7(11(13)14)4-9(6)16/h4,11H,2-3,5H2,1H3,(H,15,16). The lowest BCUT2D eigenvalue weighted by Gasteiger charge is -2.09. The molecule has 4 nitrogen and oxygen atoms in total. The van der Waals surface area contributed by atoms with Crippen LogP contribution in [0, 0.1) is 0 Å². The summed E-state index contributed by atoms with van der Waals surface area (Å²) in [6, 6.07) is 0.773. The van der Waals surface area contributed by atoms with Gasteiger partial charge in [0.25, 0.3) is 6.43 Å². The molecule has 0 radical (unpaired) electrons. The molecule has 0 aromatic carbocycles. The van der Waals surface area contributed by atoms with Gasteiger partial charge in [0.05, 0.1) is 24.6 Å². The minimum absolute atomic E-state index is 0.0628. The van der Waals surface area contributed by atoms with Gasteiger partial charge in [0.1, 0.15) is 0 Å². The molecule has 0 saturated heterocycles. The maximum atomic E-state index is 12.5. The van der Waals surface area contributed by atoms with Gasteiger partial charge >= 0.3 is 5.97 Å². The van der Waals surface area contributed by atoms with Crippen molar-refractivity contribution >= 4 is 17.6 Å². The second-order valence-electron chi connectivity index (χ2n) is 3.46. The van der Waals surface area contributed by atoms with Crippen molar-refractivity contribution in [2.24, 2.45) is 0 Å². The zero-order valence-electron chi connectivity index (χ0n) is 9.63. The summed E-state index contributed by atoms with van der Waals surface area (Å²) in [5.74, 6) is -0.760. The van der Waals surface area contributed by atoms with Crippen LogP contribution in [0.15, 0.2) is 10.9 Å². The van der Waals surface area contributed by atoms with Gasteiger partial charge in [-0.15, -0.1) is 11.6 Å². The molecule has 1 aromatic heterocycles. The summed E-state index contributed by atoms with van der Waals surface area (Å²) in [4.78, 5) is 25.3. The lowest BCUT2D eigenvalue weighted by atomic mass is 10.1. The van der Waals surface area contributed by atoms with Crippen molar-refractivity contribution in [3.05, 3.63) is 33.2 Å². The average Bonchev–Trinajstić information content (AvgIpc) is 2.31. The monoisotopic (exact) mass is 279 g/mol. The Morgan fingerprint density at radius 3 is 2.72 bits per heavy atom. The third kappa shape index (κ3) is 3.53. The van der Waals surface area contributed by atoms with Crippen molar-refractivity contribution in [2.75, 3.05) is 6.61 Å². The van der Waals surface area contributed by atoms with E-state index in [1.165, 1.54) is 0 Å². The van der Waals surface area contributed by atoms with E-state index < -0.39 is 23.5 Å². The van der Waals surface area contributed by atoms with Gasteiger partial charge in [0.15, 0.2) is 5.43 Å².